The maximum absolute atomic E-state index is 12.8. The summed E-state index contributed by atoms with van der Waals surface area (Å²) in [7, 11) is 0. The van der Waals surface area contributed by atoms with Crippen molar-refractivity contribution in [2.75, 3.05) is 18.4 Å². The number of rotatable bonds is 6. The number of aryl methyl sites for hydroxylation is 1. The first-order chi connectivity index (χ1) is 20.1. The van der Waals surface area contributed by atoms with Gasteiger partial charge in [0.2, 0.25) is 5.91 Å². The molecule has 1 aliphatic heterocycles. The van der Waals surface area contributed by atoms with E-state index < -0.39 is 0 Å². The van der Waals surface area contributed by atoms with Crippen molar-refractivity contribution in [1.82, 2.24) is 30.5 Å². The van der Waals surface area contributed by atoms with Crippen LogP contribution in [0, 0.1) is 12.8 Å². The Morgan fingerprint density at radius 2 is 1.80 bits per heavy atom. The highest BCUT2D eigenvalue weighted by atomic mass is 16.1. The van der Waals surface area contributed by atoms with Crippen LogP contribution in [0.1, 0.15) is 24.8 Å². The molecule has 0 spiro atoms. The van der Waals surface area contributed by atoms with Crippen LogP contribution < -0.4 is 10.6 Å². The summed E-state index contributed by atoms with van der Waals surface area (Å²) in [5, 5.41) is 16.5. The average molecular weight is 542 g/mol. The van der Waals surface area contributed by atoms with E-state index >= 15 is 0 Å². The predicted molar refractivity (Wildman–Crippen MR) is 163 cm³/mol. The Morgan fingerprint density at radius 1 is 0.902 bits per heavy atom. The second-order valence-electron chi connectivity index (χ2n) is 10.9. The first-order valence-corrected chi connectivity index (χ1v) is 14.1. The Morgan fingerprint density at radius 3 is 2.66 bits per heavy atom. The first-order valence-electron chi connectivity index (χ1n) is 14.1. The molecule has 7 rings (SSSR count). The van der Waals surface area contributed by atoms with Crippen LogP contribution in [-0.4, -0.2) is 44.1 Å². The molecule has 8 nitrogen and oxygen atoms in total. The van der Waals surface area contributed by atoms with Crippen molar-refractivity contribution in [2.24, 2.45) is 5.92 Å². The minimum atomic E-state index is 0.0833. The van der Waals surface area contributed by atoms with Gasteiger partial charge in [-0.05, 0) is 91.9 Å². The maximum Gasteiger partial charge on any atom is 0.224 e. The quantitative estimate of drug-likeness (QED) is 0.193. The summed E-state index contributed by atoms with van der Waals surface area (Å²) in [6.45, 7) is 4.05. The topological polar surface area (TPSA) is 111 Å². The number of anilines is 1. The van der Waals surface area contributed by atoms with E-state index in [4.69, 9.17) is 0 Å². The van der Waals surface area contributed by atoms with Crippen LogP contribution in [0.5, 0.6) is 0 Å². The Kier molecular flexibility index (Phi) is 6.53. The summed E-state index contributed by atoms with van der Waals surface area (Å²) in [6, 6.07) is 18.7. The van der Waals surface area contributed by atoms with Crippen molar-refractivity contribution in [2.45, 2.75) is 26.2 Å². The molecule has 0 bridgehead atoms. The number of nitrogens with one attached hydrogen (secondary N) is 4. The lowest BCUT2D eigenvalue weighted by Gasteiger charge is -2.22. The van der Waals surface area contributed by atoms with Gasteiger partial charge in [0.1, 0.15) is 5.69 Å². The molecular formula is C33H31N7O. The molecule has 2 aromatic carbocycles. The van der Waals surface area contributed by atoms with Crippen LogP contribution in [0.25, 0.3) is 55.4 Å². The van der Waals surface area contributed by atoms with Crippen LogP contribution in [0.3, 0.4) is 0 Å². The average Bonchev–Trinajstić information content (AvgIpc) is 3.61. The van der Waals surface area contributed by atoms with Gasteiger partial charge >= 0.3 is 0 Å². The number of carbonyl (C=O) groups is 1. The molecule has 4 aromatic heterocycles. The number of hydrogen-bond donors (Lipinski definition) is 4. The van der Waals surface area contributed by atoms with Gasteiger partial charge in [0.25, 0.3) is 0 Å². The van der Waals surface area contributed by atoms with Gasteiger partial charge in [-0.15, -0.1) is 0 Å². The van der Waals surface area contributed by atoms with E-state index in [9.17, 15) is 4.79 Å². The fourth-order valence-electron chi connectivity index (χ4n) is 5.91. The molecule has 1 saturated heterocycles. The third kappa shape index (κ3) is 5.10. The van der Waals surface area contributed by atoms with Crippen molar-refractivity contribution in [1.29, 1.82) is 0 Å². The van der Waals surface area contributed by atoms with E-state index in [0.29, 0.717) is 12.3 Å². The molecule has 0 aliphatic carbocycles. The number of nitrogens with zero attached hydrogens (tertiary/aromatic N) is 3. The Balaban J connectivity index is 1.21. The number of aromatic amines is 2. The standard InChI is InChI=1S/C33H31N7O/c1-20-11-24(14-25(12-20)37-32(41)13-21-6-9-34-10-7-21)22-4-5-29-27(15-22)33(40-39-29)30-16-26-28(18-36-19-31(26)38-30)23-3-2-8-35-17-23/h2-5,8,11-12,14-19,21,34,38H,6-7,9-10,13H2,1H3,(H,37,41)(H,39,40). The van der Waals surface area contributed by atoms with E-state index in [1.165, 1.54) is 0 Å². The molecule has 204 valence electrons. The molecule has 1 aliphatic rings. The van der Waals surface area contributed by atoms with Gasteiger partial charge in [-0.25, -0.2) is 0 Å². The molecule has 8 heteroatoms. The predicted octanol–water partition coefficient (Wildman–Crippen LogP) is 6.47. The number of aromatic nitrogens is 5. The summed E-state index contributed by atoms with van der Waals surface area (Å²) in [5.74, 6) is 0.531. The van der Waals surface area contributed by atoms with Crippen molar-refractivity contribution in [3.05, 3.63) is 84.9 Å². The molecule has 41 heavy (non-hydrogen) atoms. The van der Waals surface area contributed by atoms with Crippen LogP contribution in [0.4, 0.5) is 5.69 Å². The molecule has 1 amide bonds. The van der Waals surface area contributed by atoms with E-state index in [2.05, 4.69) is 79.1 Å². The maximum atomic E-state index is 12.8. The SMILES string of the molecule is Cc1cc(NC(=O)CC2CCNCC2)cc(-c2ccc3[nH]nc(-c4cc5c(-c6cccnc6)cncc5[nH]4)c3c2)c1. The first kappa shape index (κ1) is 25.2. The molecule has 4 N–H and O–H groups in total. The Labute approximate surface area is 237 Å². The van der Waals surface area contributed by atoms with Gasteiger partial charge in [-0.2, -0.15) is 5.10 Å². The molecule has 0 radical (unpaired) electrons. The minimum Gasteiger partial charge on any atom is -0.352 e. The van der Waals surface area contributed by atoms with Gasteiger partial charge in [0.15, 0.2) is 0 Å². The number of amides is 1. The van der Waals surface area contributed by atoms with E-state index in [1.807, 2.05) is 36.8 Å². The van der Waals surface area contributed by atoms with Crippen molar-refractivity contribution in [3.63, 3.8) is 0 Å². The third-order valence-electron chi connectivity index (χ3n) is 7.96. The van der Waals surface area contributed by atoms with Gasteiger partial charge < -0.3 is 15.6 Å². The second-order valence-corrected chi connectivity index (χ2v) is 10.9. The number of hydrogen-bond acceptors (Lipinski definition) is 5. The zero-order valence-corrected chi connectivity index (χ0v) is 22.9. The van der Waals surface area contributed by atoms with E-state index in [0.717, 1.165) is 92.6 Å². The Hall–Kier alpha value is -4.82. The summed E-state index contributed by atoms with van der Waals surface area (Å²) < 4.78 is 0. The van der Waals surface area contributed by atoms with Crippen LogP contribution in [-0.2, 0) is 4.79 Å². The normalized spacial score (nSPS) is 14.1. The van der Waals surface area contributed by atoms with Crippen molar-refractivity contribution in [3.8, 4) is 33.6 Å². The highest BCUT2D eigenvalue weighted by molar-refractivity contribution is 6.01. The van der Waals surface area contributed by atoms with Gasteiger partial charge in [-0.3, -0.25) is 19.9 Å². The molecule has 0 unspecified atom stereocenters. The van der Waals surface area contributed by atoms with Crippen LogP contribution in [0.15, 0.2) is 79.4 Å². The van der Waals surface area contributed by atoms with Crippen molar-refractivity contribution >= 4 is 33.4 Å². The number of benzene rings is 2. The fraction of sp³-hybridized carbons (Fsp3) is 0.212. The number of H-pyrrole nitrogens is 2. The summed E-state index contributed by atoms with van der Waals surface area (Å²) in [4.78, 5) is 25.1. The lowest BCUT2D eigenvalue weighted by Crippen LogP contribution is -2.30. The number of piperidine rings is 1. The summed E-state index contributed by atoms with van der Waals surface area (Å²) in [5.41, 5.74) is 9.73. The van der Waals surface area contributed by atoms with Crippen molar-refractivity contribution < 1.29 is 4.79 Å². The summed E-state index contributed by atoms with van der Waals surface area (Å²) >= 11 is 0. The molecular weight excluding hydrogens is 510 g/mol. The smallest absolute Gasteiger partial charge is 0.224 e. The van der Waals surface area contributed by atoms with Gasteiger partial charge in [0.05, 0.1) is 22.9 Å². The fourth-order valence-corrected chi connectivity index (χ4v) is 5.91. The van der Waals surface area contributed by atoms with Gasteiger partial charge in [-0.1, -0.05) is 18.2 Å². The third-order valence-corrected chi connectivity index (χ3v) is 7.96. The zero-order chi connectivity index (χ0) is 27.8. The molecule has 5 heterocycles. The van der Waals surface area contributed by atoms with Crippen LogP contribution >= 0.6 is 0 Å². The monoisotopic (exact) mass is 541 g/mol. The molecule has 0 saturated carbocycles. The number of fused-ring (bicyclic) bond motifs is 2. The molecule has 1 fully saturated rings. The van der Waals surface area contributed by atoms with Crippen LogP contribution in [0.2, 0.25) is 0 Å². The van der Waals surface area contributed by atoms with Gasteiger partial charge in [0, 0.05) is 52.6 Å². The number of pyridine rings is 2. The lowest BCUT2D eigenvalue weighted by molar-refractivity contribution is -0.117. The number of carbonyl (C=O) groups excluding carboxylic acids is 1. The summed E-state index contributed by atoms with van der Waals surface area (Å²) in [6.07, 6.45) is 10.0. The zero-order valence-electron chi connectivity index (χ0n) is 22.9. The lowest BCUT2D eigenvalue weighted by atomic mass is 9.94. The van der Waals surface area contributed by atoms with E-state index in [1.54, 1.807) is 6.20 Å². The minimum absolute atomic E-state index is 0.0833. The Bertz CT molecular complexity index is 1870. The highest BCUT2D eigenvalue weighted by Gasteiger charge is 2.18. The van der Waals surface area contributed by atoms with E-state index in [-0.39, 0.29) is 5.91 Å². The largest absolute Gasteiger partial charge is 0.352 e. The molecule has 6 aromatic rings. The highest BCUT2D eigenvalue weighted by Crippen LogP contribution is 2.35. The molecule has 0 atom stereocenters. The second kappa shape index (κ2) is 10.6.